The van der Waals surface area contributed by atoms with E-state index in [2.05, 4.69) is 15.1 Å². The Morgan fingerprint density at radius 2 is 1.86 bits per heavy atom. The zero-order valence-electron chi connectivity index (χ0n) is 24.0. The Balaban J connectivity index is 1.82. The number of primary amides is 1. The van der Waals surface area contributed by atoms with Crippen molar-refractivity contribution in [1.82, 2.24) is 19.7 Å². The number of anilines is 1. The van der Waals surface area contributed by atoms with E-state index in [4.69, 9.17) is 10.5 Å². The fourth-order valence-corrected chi connectivity index (χ4v) is 5.09. The number of carbonyl (C=O) groups is 2. The summed E-state index contributed by atoms with van der Waals surface area (Å²) in [5.41, 5.74) is 4.21. The van der Waals surface area contributed by atoms with Crippen LogP contribution in [0.2, 0.25) is 0 Å². The summed E-state index contributed by atoms with van der Waals surface area (Å²) >= 11 is 0. The Kier molecular flexibility index (Phi) is 7.36. The van der Waals surface area contributed by atoms with Crippen molar-refractivity contribution in [3.8, 4) is 34.0 Å². The van der Waals surface area contributed by atoms with Crippen molar-refractivity contribution in [1.29, 1.82) is 5.26 Å². The molecule has 0 radical (unpaired) electrons. The number of hydrogen-bond acceptors (Lipinski definition) is 7. The molecule has 10 nitrogen and oxygen atoms in total. The Hall–Kier alpha value is -5.32. The molecule has 0 saturated carbocycles. The average Bonchev–Trinajstić information content (AvgIpc) is 3.55. The van der Waals surface area contributed by atoms with Crippen LogP contribution in [-0.2, 0) is 17.3 Å². The van der Waals surface area contributed by atoms with Crippen LogP contribution in [0.25, 0.3) is 27.9 Å². The fourth-order valence-electron chi connectivity index (χ4n) is 5.09. The molecular formula is C30H25F4N7O3. The van der Waals surface area contributed by atoms with Gasteiger partial charge < -0.3 is 10.5 Å². The Bertz CT molecular complexity index is 1870. The van der Waals surface area contributed by atoms with E-state index >= 15 is 4.39 Å². The van der Waals surface area contributed by atoms with Crippen molar-refractivity contribution < 1.29 is 31.9 Å². The molecule has 0 atom stereocenters. The SMILES string of the molecule is CCN(C(=O)OC(C)(C)C)c1cc(F)cc2c1Cc1ncc(-c3cncc(C#N)c3)c(-n3cc(C(N)=O)c(C(F)(F)F)n3)c1-2. The zero-order valence-corrected chi connectivity index (χ0v) is 24.0. The van der Waals surface area contributed by atoms with Crippen molar-refractivity contribution in [2.75, 3.05) is 11.4 Å². The summed E-state index contributed by atoms with van der Waals surface area (Å²) in [7, 11) is 0. The van der Waals surface area contributed by atoms with Crippen LogP contribution in [0.4, 0.5) is 28.0 Å². The van der Waals surface area contributed by atoms with Gasteiger partial charge in [-0.2, -0.15) is 23.5 Å². The number of nitrogens with zero attached hydrogens (tertiary/aromatic N) is 6. The lowest BCUT2D eigenvalue weighted by molar-refractivity contribution is -0.141. The molecule has 14 heteroatoms. The van der Waals surface area contributed by atoms with Crippen molar-refractivity contribution in [3.63, 3.8) is 0 Å². The number of fused-ring (bicyclic) bond motifs is 3. The van der Waals surface area contributed by atoms with Crippen molar-refractivity contribution >= 4 is 17.7 Å². The van der Waals surface area contributed by atoms with Gasteiger partial charge in [0.2, 0.25) is 0 Å². The van der Waals surface area contributed by atoms with E-state index in [0.29, 0.717) is 16.8 Å². The van der Waals surface area contributed by atoms with Gasteiger partial charge in [-0.25, -0.2) is 13.9 Å². The molecule has 1 aliphatic rings. The van der Waals surface area contributed by atoms with E-state index in [1.54, 1.807) is 27.7 Å². The predicted molar refractivity (Wildman–Crippen MR) is 150 cm³/mol. The highest BCUT2D eigenvalue weighted by molar-refractivity contribution is 5.97. The lowest BCUT2D eigenvalue weighted by atomic mass is 9.98. The third kappa shape index (κ3) is 5.44. The highest BCUT2D eigenvalue weighted by atomic mass is 19.4. The number of halogens is 4. The third-order valence-corrected chi connectivity index (χ3v) is 6.81. The molecule has 0 unspecified atom stereocenters. The van der Waals surface area contributed by atoms with Crippen LogP contribution in [0.1, 0.15) is 60.6 Å². The summed E-state index contributed by atoms with van der Waals surface area (Å²) in [4.78, 5) is 35.0. The number of aromatic nitrogens is 4. The van der Waals surface area contributed by atoms with Gasteiger partial charge in [0.05, 0.1) is 28.2 Å². The van der Waals surface area contributed by atoms with Gasteiger partial charge >= 0.3 is 12.3 Å². The topological polar surface area (TPSA) is 140 Å². The smallest absolute Gasteiger partial charge is 0.435 e. The monoisotopic (exact) mass is 607 g/mol. The Morgan fingerprint density at radius 3 is 2.45 bits per heavy atom. The van der Waals surface area contributed by atoms with Gasteiger partial charge in [0.15, 0.2) is 5.69 Å². The fraction of sp³-hybridized carbons (Fsp3) is 0.267. The molecule has 44 heavy (non-hydrogen) atoms. The largest absolute Gasteiger partial charge is 0.443 e. The average molecular weight is 608 g/mol. The summed E-state index contributed by atoms with van der Waals surface area (Å²) in [6, 6.07) is 5.78. The maximum absolute atomic E-state index is 15.3. The first-order valence-electron chi connectivity index (χ1n) is 13.3. The van der Waals surface area contributed by atoms with Crippen LogP contribution in [0.5, 0.6) is 0 Å². The first-order valence-corrected chi connectivity index (χ1v) is 13.3. The predicted octanol–water partition coefficient (Wildman–Crippen LogP) is 5.79. The second kappa shape index (κ2) is 10.7. The molecule has 2 N–H and O–H groups in total. The molecule has 0 saturated heterocycles. The highest BCUT2D eigenvalue weighted by Crippen LogP contribution is 2.47. The first-order chi connectivity index (χ1) is 20.6. The van der Waals surface area contributed by atoms with Crippen molar-refractivity contribution in [3.05, 3.63) is 76.9 Å². The van der Waals surface area contributed by atoms with Crippen molar-refractivity contribution in [2.45, 2.75) is 45.9 Å². The summed E-state index contributed by atoms with van der Waals surface area (Å²) in [6.07, 6.45) is -0.755. The molecule has 226 valence electrons. The third-order valence-electron chi connectivity index (χ3n) is 6.81. The molecule has 0 fully saturated rings. The molecule has 0 aliphatic heterocycles. The highest BCUT2D eigenvalue weighted by Gasteiger charge is 2.40. The number of hydrogen-bond donors (Lipinski definition) is 1. The molecular weight excluding hydrogens is 582 g/mol. The van der Waals surface area contributed by atoms with Crippen LogP contribution in [0, 0.1) is 17.1 Å². The van der Waals surface area contributed by atoms with E-state index in [9.17, 15) is 28.0 Å². The number of nitriles is 1. The van der Waals surface area contributed by atoms with E-state index in [-0.39, 0.29) is 46.6 Å². The van der Waals surface area contributed by atoms with E-state index < -0.39 is 40.9 Å². The van der Waals surface area contributed by atoms with E-state index in [0.717, 1.165) is 10.9 Å². The molecule has 0 bridgehead atoms. The molecule has 1 aromatic carbocycles. The van der Waals surface area contributed by atoms with Crippen LogP contribution in [-0.4, -0.2) is 43.9 Å². The van der Waals surface area contributed by atoms with Gasteiger partial charge in [0.25, 0.3) is 5.91 Å². The Morgan fingerprint density at radius 1 is 1.14 bits per heavy atom. The zero-order chi connectivity index (χ0) is 32.1. The Labute approximate surface area is 248 Å². The normalized spacial score (nSPS) is 12.3. The second-order valence-electron chi connectivity index (χ2n) is 11.0. The number of benzene rings is 1. The number of ether oxygens (including phenoxy) is 1. The first kappa shape index (κ1) is 30.1. The number of alkyl halides is 3. The minimum Gasteiger partial charge on any atom is -0.443 e. The van der Waals surface area contributed by atoms with Gasteiger partial charge in [0, 0.05) is 54.4 Å². The quantitative estimate of drug-likeness (QED) is 0.249. The van der Waals surface area contributed by atoms with Gasteiger partial charge in [-0.15, -0.1) is 0 Å². The lowest BCUT2D eigenvalue weighted by Crippen LogP contribution is -2.37. The minimum atomic E-state index is -5.03. The van der Waals surface area contributed by atoms with Crippen molar-refractivity contribution in [2.24, 2.45) is 5.73 Å². The van der Waals surface area contributed by atoms with Crippen LogP contribution >= 0.6 is 0 Å². The molecule has 1 aliphatic carbocycles. The number of carbonyl (C=O) groups excluding carboxylic acids is 2. The molecule has 0 spiro atoms. The summed E-state index contributed by atoms with van der Waals surface area (Å²) in [6.45, 7) is 6.89. The maximum Gasteiger partial charge on any atom is 0.435 e. The number of rotatable bonds is 5. The maximum atomic E-state index is 15.3. The number of pyridine rings is 2. The molecule has 3 aromatic heterocycles. The molecule has 4 aromatic rings. The molecule has 2 amide bonds. The standard InChI is InChI=1S/C30H25F4N7O3/c1-5-40(28(43)44-29(2,3)4)23-8-17(31)7-19-18(23)9-22-24(19)25(20(13-38-22)16-6-15(10-35)11-37-12-16)41-14-21(27(36)42)26(39-41)30(32,33)34/h6-8,11-14H,5,9H2,1-4H3,(H2,36,42). The van der Waals surface area contributed by atoms with Crippen LogP contribution in [0.15, 0.2) is 43.0 Å². The van der Waals surface area contributed by atoms with Gasteiger partial charge in [-0.1, -0.05) is 0 Å². The summed E-state index contributed by atoms with van der Waals surface area (Å²) < 4.78 is 63.6. The second-order valence-corrected chi connectivity index (χ2v) is 11.0. The van der Waals surface area contributed by atoms with E-state index in [1.165, 1.54) is 41.7 Å². The minimum absolute atomic E-state index is 0.0144. The van der Waals surface area contributed by atoms with E-state index in [1.807, 2.05) is 6.07 Å². The van der Waals surface area contributed by atoms with Gasteiger partial charge in [-0.3, -0.25) is 19.7 Å². The van der Waals surface area contributed by atoms with Gasteiger partial charge in [-0.05, 0) is 57.0 Å². The van der Waals surface area contributed by atoms with Crippen LogP contribution in [0.3, 0.4) is 0 Å². The molecule has 3 heterocycles. The number of amides is 2. The van der Waals surface area contributed by atoms with Crippen LogP contribution < -0.4 is 10.6 Å². The van der Waals surface area contributed by atoms with Gasteiger partial charge in [0.1, 0.15) is 17.5 Å². The summed E-state index contributed by atoms with van der Waals surface area (Å²) in [5.74, 6) is -2.08. The lowest BCUT2D eigenvalue weighted by Gasteiger charge is -2.28. The summed E-state index contributed by atoms with van der Waals surface area (Å²) in [5, 5.41) is 13.2. The number of nitrogens with two attached hydrogens (primary N) is 1. The molecule has 5 rings (SSSR count).